The van der Waals surface area contributed by atoms with E-state index >= 15 is 0 Å². The molecule has 0 aliphatic carbocycles. The Morgan fingerprint density at radius 1 is 1.46 bits per heavy atom. The molecule has 13 heavy (non-hydrogen) atoms. The molecule has 0 unspecified atom stereocenters. The van der Waals surface area contributed by atoms with Crippen LogP contribution in [0.2, 0.25) is 19.1 Å². The number of hydrogen-bond donors (Lipinski definition) is 0. The lowest BCUT2D eigenvalue weighted by atomic mass is 10.3. The second-order valence-electron chi connectivity index (χ2n) is 3.95. The summed E-state index contributed by atoms with van der Waals surface area (Å²) in [5.41, 5.74) is 0. The summed E-state index contributed by atoms with van der Waals surface area (Å²) in [6.07, 6.45) is 3.41. The molecule has 0 saturated carbocycles. The highest BCUT2D eigenvalue weighted by molar-refractivity contribution is 7.11. The molecule has 0 amide bonds. The second-order valence-corrected chi connectivity index (χ2v) is 9.12. The molecule has 2 rings (SSSR count). The molecule has 1 nitrogen and oxygen atoms in total. The molecular formula is C10H14OSSi. The average molecular weight is 210 g/mol. The van der Waals surface area contributed by atoms with Crippen molar-refractivity contribution in [1.82, 2.24) is 0 Å². The molecule has 3 heteroatoms. The zero-order valence-electron chi connectivity index (χ0n) is 8.04. The fraction of sp³-hybridized carbons (Fsp3) is 0.400. The summed E-state index contributed by atoms with van der Waals surface area (Å²) in [5.74, 6) is 1.12. The minimum atomic E-state index is -1.37. The van der Waals surface area contributed by atoms with Crippen LogP contribution in [0.3, 0.4) is 0 Å². The summed E-state index contributed by atoms with van der Waals surface area (Å²) in [5, 5.41) is 2.10. The normalized spacial score (nSPS) is 20.6. The zero-order chi connectivity index (χ0) is 9.31. The lowest BCUT2D eigenvalue weighted by Gasteiger charge is -2.28. The van der Waals surface area contributed by atoms with Crippen LogP contribution in [0.15, 0.2) is 23.6 Å². The summed E-state index contributed by atoms with van der Waals surface area (Å²) in [4.78, 5) is 1.28. The Bertz CT molecular complexity index is 314. The highest BCUT2D eigenvalue weighted by Crippen LogP contribution is 2.31. The van der Waals surface area contributed by atoms with E-state index in [-0.39, 0.29) is 0 Å². The van der Waals surface area contributed by atoms with Gasteiger partial charge < -0.3 is 4.43 Å². The third-order valence-electron chi connectivity index (χ3n) is 2.23. The molecule has 1 aliphatic heterocycles. The van der Waals surface area contributed by atoms with Gasteiger partial charge in [0.2, 0.25) is 8.32 Å². The smallest absolute Gasteiger partial charge is 0.245 e. The maximum Gasteiger partial charge on any atom is 0.245 e. The fourth-order valence-corrected chi connectivity index (χ4v) is 4.02. The van der Waals surface area contributed by atoms with E-state index in [4.69, 9.17) is 4.43 Å². The van der Waals surface area contributed by atoms with Crippen LogP contribution in [-0.2, 0) is 4.43 Å². The molecule has 1 aliphatic rings. The Morgan fingerprint density at radius 2 is 2.31 bits per heavy atom. The Labute approximate surface area is 84.2 Å². The predicted octanol–water partition coefficient (Wildman–Crippen LogP) is 3.71. The Hall–Kier alpha value is -0.543. The largest absolute Gasteiger partial charge is 0.543 e. The van der Waals surface area contributed by atoms with Gasteiger partial charge in [-0.05, 0) is 43.1 Å². The standard InChI is InChI=1S/C10H14OSSi/c1-13(2)8-4-5-9(11-13)10-6-3-7-12-10/h3,5-7H,4,8H2,1-2H3. The molecule has 0 saturated heterocycles. The van der Waals surface area contributed by atoms with E-state index in [1.165, 1.54) is 17.3 Å². The molecule has 0 spiro atoms. The van der Waals surface area contributed by atoms with Crippen molar-refractivity contribution < 1.29 is 4.43 Å². The fourth-order valence-electron chi connectivity index (χ4n) is 1.51. The molecule has 0 atom stereocenters. The molecule has 70 valence electrons. The van der Waals surface area contributed by atoms with Crippen molar-refractivity contribution >= 4 is 25.4 Å². The van der Waals surface area contributed by atoms with Gasteiger partial charge >= 0.3 is 0 Å². The summed E-state index contributed by atoms with van der Waals surface area (Å²) in [6.45, 7) is 4.57. The summed E-state index contributed by atoms with van der Waals surface area (Å²) < 4.78 is 6.03. The van der Waals surface area contributed by atoms with Crippen LogP contribution in [0.5, 0.6) is 0 Å². The van der Waals surface area contributed by atoms with E-state index < -0.39 is 8.32 Å². The SMILES string of the molecule is C[Si]1(C)CCC=C(c2cccs2)O1. The minimum absolute atomic E-state index is 1.12. The maximum absolute atomic E-state index is 6.03. The van der Waals surface area contributed by atoms with Crippen molar-refractivity contribution in [2.45, 2.75) is 25.6 Å². The predicted molar refractivity (Wildman–Crippen MR) is 60.3 cm³/mol. The van der Waals surface area contributed by atoms with Gasteiger partial charge in [0.05, 0.1) is 4.88 Å². The van der Waals surface area contributed by atoms with Crippen LogP contribution >= 0.6 is 11.3 Å². The Balaban J connectivity index is 2.22. The number of allylic oxidation sites excluding steroid dienone is 1. The molecule has 0 bridgehead atoms. The lowest BCUT2D eigenvalue weighted by Crippen LogP contribution is -2.31. The Kier molecular flexibility index (Phi) is 2.30. The van der Waals surface area contributed by atoms with Crippen LogP contribution in [0.1, 0.15) is 11.3 Å². The summed E-state index contributed by atoms with van der Waals surface area (Å²) in [6, 6.07) is 5.46. The summed E-state index contributed by atoms with van der Waals surface area (Å²) >= 11 is 1.76. The first-order chi connectivity index (χ1) is 6.17. The van der Waals surface area contributed by atoms with Gasteiger partial charge in [-0.2, -0.15) is 0 Å². The molecule has 0 radical (unpaired) electrons. The van der Waals surface area contributed by atoms with Crippen LogP contribution in [0, 0.1) is 0 Å². The van der Waals surface area contributed by atoms with Gasteiger partial charge in [0.15, 0.2) is 0 Å². The number of hydrogen-bond acceptors (Lipinski definition) is 2. The molecule has 2 heterocycles. The summed E-state index contributed by atoms with van der Waals surface area (Å²) in [7, 11) is -1.37. The highest BCUT2D eigenvalue weighted by atomic mass is 32.1. The number of thiophene rings is 1. The number of rotatable bonds is 1. The molecule has 1 aromatic rings. The van der Waals surface area contributed by atoms with Crippen molar-refractivity contribution in [3.8, 4) is 0 Å². The van der Waals surface area contributed by atoms with E-state index in [1.54, 1.807) is 11.3 Å². The molecular weight excluding hydrogens is 196 g/mol. The van der Waals surface area contributed by atoms with Crippen LogP contribution < -0.4 is 0 Å². The molecule has 0 N–H and O–H groups in total. The van der Waals surface area contributed by atoms with Crippen molar-refractivity contribution in [2.24, 2.45) is 0 Å². The maximum atomic E-state index is 6.03. The van der Waals surface area contributed by atoms with Crippen molar-refractivity contribution in [3.05, 3.63) is 28.5 Å². The van der Waals surface area contributed by atoms with Crippen LogP contribution in [0.4, 0.5) is 0 Å². The molecule has 0 fully saturated rings. The first kappa shape index (κ1) is 9.03. The van der Waals surface area contributed by atoms with Gasteiger partial charge in [0.1, 0.15) is 5.76 Å². The zero-order valence-corrected chi connectivity index (χ0v) is 9.86. The van der Waals surface area contributed by atoms with E-state index in [2.05, 4.69) is 36.7 Å². The van der Waals surface area contributed by atoms with E-state index in [9.17, 15) is 0 Å². The van der Waals surface area contributed by atoms with Crippen LogP contribution in [-0.4, -0.2) is 8.32 Å². The van der Waals surface area contributed by atoms with Gasteiger partial charge in [-0.3, -0.25) is 0 Å². The Morgan fingerprint density at radius 3 is 2.92 bits per heavy atom. The molecule has 0 aromatic carbocycles. The van der Waals surface area contributed by atoms with Crippen molar-refractivity contribution in [3.63, 3.8) is 0 Å². The highest BCUT2D eigenvalue weighted by Gasteiger charge is 2.28. The van der Waals surface area contributed by atoms with Crippen molar-refractivity contribution in [2.75, 3.05) is 0 Å². The first-order valence-corrected chi connectivity index (χ1v) is 8.60. The van der Waals surface area contributed by atoms with Gasteiger partial charge in [-0.15, -0.1) is 11.3 Å². The third kappa shape index (κ3) is 2.03. The van der Waals surface area contributed by atoms with E-state index in [1.807, 2.05) is 0 Å². The average Bonchev–Trinajstić information content (AvgIpc) is 2.53. The topological polar surface area (TPSA) is 9.23 Å². The van der Waals surface area contributed by atoms with E-state index in [0.717, 1.165) is 5.76 Å². The van der Waals surface area contributed by atoms with Gasteiger partial charge in [-0.25, -0.2) is 0 Å². The van der Waals surface area contributed by atoms with Crippen LogP contribution in [0.25, 0.3) is 5.76 Å². The van der Waals surface area contributed by atoms with Gasteiger partial charge in [0.25, 0.3) is 0 Å². The molecule has 1 aromatic heterocycles. The van der Waals surface area contributed by atoms with E-state index in [0.29, 0.717) is 0 Å². The van der Waals surface area contributed by atoms with Gasteiger partial charge in [-0.1, -0.05) is 6.07 Å². The quantitative estimate of drug-likeness (QED) is 0.642. The minimum Gasteiger partial charge on any atom is -0.543 e. The third-order valence-corrected chi connectivity index (χ3v) is 5.38. The van der Waals surface area contributed by atoms with Gasteiger partial charge in [0, 0.05) is 0 Å². The second kappa shape index (κ2) is 3.31. The lowest BCUT2D eigenvalue weighted by molar-refractivity contribution is 0.493. The first-order valence-electron chi connectivity index (χ1n) is 4.60. The monoisotopic (exact) mass is 210 g/mol. The van der Waals surface area contributed by atoms with Crippen molar-refractivity contribution in [1.29, 1.82) is 0 Å².